The van der Waals surface area contributed by atoms with Crippen molar-refractivity contribution in [2.45, 2.75) is 19.9 Å². The molecular weight excluding hydrogens is 364 g/mol. The van der Waals surface area contributed by atoms with Crippen molar-refractivity contribution in [1.29, 1.82) is 0 Å². The van der Waals surface area contributed by atoms with E-state index < -0.39 is 0 Å². The molecule has 0 aromatic heterocycles. The molecule has 0 heterocycles. The van der Waals surface area contributed by atoms with Crippen molar-refractivity contribution >= 4 is 17.5 Å². The minimum absolute atomic E-state index is 0.157. The molecule has 2 N–H and O–H groups in total. The minimum atomic E-state index is -0.303. The summed E-state index contributed by atoms with van der Waals surface area (Å²) in [5.41, 5.74) is 2.33. The fraction of sp³-hybridized carbons (Fsp3) is 0.167. The van der Waals surface area contributed by atoms with Gasteiger partial charge in [-0.05, 0) is 49.7 Å². The van der Waals surface area contributed by atoms with Crippen molar-refractivity contribution in [3.05, 3.63) is 95.6 Å². The van der Waals surface area contributed by atoms with E-state index in [-0.39, 0.29) is 17.9 Å². The number of para-hydroxylation sites is 1. The molecule has 3 aromatic rings. The molecular formula is C24H24N2O3. The van der Waals surface area contributed by atoms with Gasteiger partial charge in [-0.15, -0.1) is 0 Å². The number of carbonyl (C=O) groups is 2. The highest BCUT2D eigenvalue weighted by atomic mass is 16.5. The summed E-state index contributed by atoms with van der Waals surface area (Å²) in [6.45, 7) is 4.33. The first-order valence-corrected chi connectivity index (χ1v) is 9.57. The fourth-order valence-electron chi connectivity index (χ4n) is 2.98. The van der Waals surface area contributed by atoms with Crippen molar-refractivity contribution in [2.24, 2.45) is 0 Å². The Labute approximate surface area is 170 Å². The van der Waals surface area contributed by atoms with Gasteiger partial charge < -0.3 is 15.4 Å². The number of hydrogen-bond acceptors (Lipinski definition) is 3. The molecule has 0 saturated carbocycles. The summed E-state index contributed by atoms with van der Waals surface area (Å²) < 4.78 is 5.45. The molecule has 5 nitrogen and oxygen atoms in total. The van der Waals surface area contributed by atoms with Crippen LogP contribution in [0.1, 0.15) is 46.2 Å². The van der Waals surface area contributed by atoms with Gasteiger partial charge >= 0.3 is 0 Å². The molecule has 1 atom stereocenters. The molecule has 0 aliphatic rings. The maximum atomic E-state index is 12.8. The SMILES string of the molecule is CCOc1cccc(C(=O)Nc2ccccc2C(=O)N[C@H](C)c2ccccc2)c1. The highest BCUT2D eigenvalue weighted by molar-refractivity contribution is 6.09. The van der Waals surface area contributed by atoms with Crippen LogP contribution < -0.4 is 15.4 Å². The van der Waals surface area contributed by atoms with Gasteiger partial charge in [-0.25, -0.2) is 0 Å². The third-order valence-electron chi connectivity index (χ3n) is 4.47. The molecule has 29 heavy (non-hydrogen) atoms. The predicted octanol–water partition coefficient (Wildman–Crippen LogP) is 4.83. The molecule has 0 aliphatic carbocycles. The van der Waals surface area contributed by atoms with E-state index in [9.17, 15) is 9.59 Å². The van der Waals surface area contributed by atoms with E-state index >= 15 is 0 Å². The number of anilines is 1. The van der Waals surface area contributed by atoms with Gasteiger partial charge in [0.15, 0.2) is 0 Å². The van der Waals surface area contributed by atoms with Gasteiger partial charge in [0.25, 0.3) is 11.8 Å². The number of rotatable bonds is 7. The molecule has 0 saturated heterocycles. The smallest absolute Gasteiger partial charge is 0.255 e. The predicted molar refractivity (Wildman–Crippen MR) is 114 cm³/mol. The number of amides is 2. The molecule has 0 fully saturated rings. The Balaban J connectivity index is 1.75. The van der Waals surface area contributed by atoms with Crippen molar-refractivity contribution in [3.8, 4) is 5.75 Å². The van der Waals surface area contributed by atoms with Crippen LogP contribution in [-0.4, -0.2) is 18.4 Å². The summed E-state index contributed by atoms with van der Waals surface area (Å²) in [5, 5.41) is 5.82. The zero-order chi connectivity index (χ0) is 20.6. The van der Waals surface area contributed by atoms with Gasteiger partial charge in [0.05, 0.1) is 23.9 Å². The van der Waals surface area contributed by atoms with Gasteiger partial charge in [0.2, 0.25) is 0 Å². The average Bonchev–Trinajstić information content (AvgIpc) is 2.75. The summed E-state index contributed by atoms with van der Waals surface area (Å²) in [7, 11) is 0. The first kappa shape index (κ1) is 20.1. The average molecular weight is 388 g/mol. The Morgan fingerprint density at radius 3 is 2.38 bits per heavy atom. The Morgan fingerprint density at radius 1 is 0.897 bits per heavy atom. The summed E-state index contributed by atoms with van der Waals surface area (Å²) >= 11 is 0. The van der Waals surface area contributed by atoms with Crippen LogP contribution in [-0.2, 0) is 0 Å². The highest BCUT2D eigenvalue weighted by Gasteiger charge is 2.16. The number of hydrogen-bond donors (Lipinski definition) is 2. The second-order valence-corrected chi connectivity index (χ2v) is 6.57. The van der Waals surface area contributed by atoms with Gasteiger partial charge in [0.1, 0.15) is 5.75 Å². The quantitative estimate of drug-likeness (QED) is 0.609. The second kappa shape index (κ2) is 9.55. The van der Waals surface area contributed by atoms with Crippen LogP contribution >= 0.6 is 0 Å². The van der Waals surface area contributed by atoms with E-state index in [2.05, 4.69) is 10.6 Å². The largest absolute Gasteiger partial charge is 0.494 e. The lowest BCUT2D eigenvalue weighted by molar-refractivity contribution is 0.0941. The summed E-state index contributed by atoms with van der Waals surface area (Å²) in [4.78, 5) is 25.5. The molecule has 148 valence electrons. The Kier molecular flexibility index (Phi) is 6.63. The maximum Gasteiger partial charge on any atom is 0.255 e. The molecule has 0 aliphatic heterocycles. The molecule has 3 rings (SSSR count). The van der Waals surface area contributed by atoms with Crippen molar-refractivity contribution in [3.63, 3.8) is 0 Å². The zero-order valence-corrected chi connectivity index (χ0v) is 16.5. The number of benzene rings is 3. The third kappa shape index (κ3) is 5.23. The second-order valence-electron chi connectivity index (χ2n) is 6.57. The van der Waals surface area contributed by atoms with Crippen LogP contribution in [0, 0.1) is 0 Å². The monoisotopic (exact) mass is 388 g/mol. The van der Waals surface area contributed by atoms with Crippen molar-refractivity contribution < 1.29 is 14.3 Å². The van der Waals surface area contributed by atoms with Crippen LogP contribution in [0.3, 0.4) is 0 Å². The summed E-state index contributed by atoms with van der Waals surface area (Å²) in [6, 6.07) is 23.5. The zero-order valence-electron chi connectivity index (χ0n) is 16.5. The van der Waals surface area contributed by atoms with Gasteiger partial charge in [-0.1, -0.05) is 48.5 Å². The van der Waals surface area contributed by atoms with E-state index in [1.54, 1.807) is 48.5 Å². The van der Waals surface area contributed by atoms with Crippen LogP contribution in [0.4, 0.5) is 5.69 Å². The van der Waals surface area contributed by atoms with Gasteiger partial charge in [-0.2, -0.15) is 0 Å². The van der Waals surface area contributed by atoms with E-state index in [0.717, 1.165) is 5.56 Å². The first-order chi connectivity index (χ1) is 14.1. The summed E-state index contributed by atoms with van der Waals surface area (Å²) in [5.74, 6) is 0.0751. The lowest BCUT2D eigenvalue weighted by atomic mass is 10.1. The minimum Gasteiger partial charge on any atom is -0.494 e. The van der Waals surface area contributed by atoms with Gasteiger partial charge in [0, 0.05) is 5.56 Å². The molecule has 0 unspecified atom stereocenters. The fourth-order valence-corrected chi connectivity index (χ4v) is 2.98. The molecule has 2 amide bonds. The van der Waals surface area contributed by atoms with E-state index in [1.165, 1.54) is 0 Å². The van der Waals surface area contributed by atoms with Crippen molar-refractivity contribution in [2.75, 3.05) is 11.9 Å². The van der Waals surface area contributed by atoms with Crippen LogP contribution in [0.2, 0.25) is 0 Å². The number of ether oxygens (including phenoxy) is 1. The van der Waals surface area contributed by atoms with E-state index in [0.29, 0.717) is 29.2 Å². The van der Waals surface area contributed by atoms with E-state index in [1.807, 2.05) is 44.2 Å². The standard InChI is InChI=1S/C24H24N2O3/c1-3-29-20-13-9-12-19(16-20)23(27)26-22-15-8-7-14-21(22)24(28)25-17(2)18-10-5-4-6-11-18/h4-17H,3H2,1-2H3,(H,25,28)(H,26,27)/t17-/m1/s1. The third-order valence-corrected chi connectivity index (χ3v) is 4.47. The highest BCUT2D eigenvalue weighted by Crippen LogP contribution is 2.20. The maximum absolute atomic E-state index is 12.8. The Bertz CT molecular complexity index is 986. The summed E-state index contributed by atoms with van der Waals surface area (Å²) in [6.07, 6.45) is 0. The molecule has 0 spiro atoms. The molecule has 0 radical (unpaired) electrons. The van der Waals surface area contributed by atoms with E-state index in [4.69, 9.17) is 4.74 Å². The molecule has 5 heteroatoms. The molecule has 3 aromatic carbocycles. The van der Waals surface area contributed by atoms with Crippen LogP contribution in [0.5, 0.6) is 5.75 Å². The van der Waals surface area contributed by atoms with Gasteiger partial charge in [-0.3, -0.25) is 9.59 Å². The topological polar surface area (TPSA) is 67.4 Å². The Morgan fingerprint density at radius 2 is 1.62 bits per heavy atom. The number of nitrogens with one attached hydrogen (secondary N) is 2. The molecule has 0 bridgehead atoms. The Hall–Kier alpha value is -3.60. The number of carbonyl (C=O) groups excluding carboxylic acids is 2. The van der Waals surface area contributed by atoms with Crippen LogP contribution in [0.25, 0.3) is 0 Å². The van der Waals surface area contributed by atoms with Crippen molar-refractivity contribution in [1.82, 2.24) is 5.32 Å². The van der Waals surface area contributed by atoms with Crippen LogP contribution in [0.15, 0.2) is 78.9 Å². The lowest BCUT2D eigenvalue weighted by Gasteiger charge is -2.16. The first-order valence-electron chi connectivity index (χ1n) is 9.57. The normalized spacial score (nSPS) is 11.4. The lowest BCUT2D eigenvalue weighted by Crippen LogP contribution is -2.28.